The van der Waals surface area contributed by atoms with E-state index < -0.39 is 10.0 Å². The van der Waals surface area contributed by atoms with Gasteiger partial charge in [0, 0.05) is 25.2 Å². The number of nitrogens with zero attached hydrogens (tertiary/aromatic N) is 3. The monoisotopic (exact) mass is 339 g/mol. The van der Waals surface area contributed by atoms with Gasteiger partial charge in [0.25, 0.3) is 5.56 Å². The summed E-state index contributed by atoms with van der Waals surface area (Å²) in [6, 6.07) is 3.03. The summed E-state index contributed by atoms with van der Waals surface area (Å²) in [5.41, 5.74) is -0.268. The van der Waals surface area contributed by atoms with Crippen LogP contribution in [0.3, 0.4) is 0 Å². The SMILES string of the molecule is O=c1ccc(N2CCCCC2CNS(=O)(=O)c2cnoc2)n[nH]1. The largest absolute Gasteiger partial charge is 0.363 e. The summed E-state index contributed by atoms with van der Waals surface area (Å²) >= 11 is 0. The van der Waals surface area contributed by atoms with Crippen molar-refractivity contribution in [2.24, 2.45) is 0 Å². The summed E-state index contributed by atoms with van der Waals surface area (Å²) in [4.78, 5) is 13.1. The Bertz CT molecular complexity index is 782. The quantitative estimate of drug-likeness (QED) is 0.792. The molecule has 1 aliphatic heterocycles. The molecule has 124 valence electrons. The number of nitrogens with one attached hydrogen (secondary N) is 2. The van der Waals surface area contributed by atoms with Crippen LogP contribution in [0.1, 0.15) is 19.3 Å². The van der Waals surface area contributed by atoms with Crippen LogP contribution in [0.2, 0.25) is 0 Å². The van der Waals surface area contributed by atoms with Gasteiger partial charge < -0.3 is 9.42 Å². The smallest absolute Gasteiger partial charge is 0.264 e. The molecular weight excluding hydrogens is 322 g/mol. The Kier molecular flexibility index (Phi) is 4.44. The lowest BCUT2D eigenvalue weighted by Gasteiger charge is -2.36. The van der Waals surface area contributed by atoms with E-state index in [1.165, 1.54) is 6.07 Å². The predicted molar refractivity (Wildman–Crippen MR) is 81.5 cm³/mol. The first-order valence-electron chi connectivity index (χ1n) is 7.28. The van der Waals surface area contributed by atoms with Crippen molar-refractivity contribution in [3.05, 3.63) is 34.9 Å². The number of H-pyrrole nitrogens is 1. The molecule has 10 heteroatoms. The number of aromatic amines is 1. The minimum Gasteiger partial charge on any atom is -0.363 e. The van der Waals surface area contributed by atoms with Gasteiger partial charge in [0.2, 0.25) is 10.0 Å². The van der Waals surface area contributed by atoms with Crippen molar-refractivity contribution in [1.82, 2.24) is 20.1 Å². The third kappa shape index (κ3) is 3.59. The highest BCUT2D eigenvalue weighted by atomic mass is 32.2. The van der Waals surface area contributed by atoms with Gasteiger partial charge in [-0.15, -0.1) is 0 Å². The van der Waals surface area contributed by atoms with E-state index in [2.05, 4.69) is 24.6 Å². The van der Waals surface area contributed by atoms with Crippen molar-refractivity contribution < 1.29 is 12.9 Å². The third-order valence-corrected chi connectivity index (χ3v) is 5.18. The number of hydrogen-bond acceptors (Lipinski definition) is 7. The third-order valence-electron chi connectivity index (χ3n) is 3.81. The van der Waals surface area contributed by atoms with E-state index in [1.54, 1.807) is 6.07 Å². The Morgan fingerprint density at radius 3 is 2.96 bits per heavy atom. The maximum absolute atomic E-state index is 12.1. The zero-order valence-corrected chi connectivity index (χ0v) is 13.1. The lowest BCUT2D eigenvalue weighted by atomic mass is 10.0. The van der Waals surface area contributed by atoms with E-state index in [4.69, 9.17) is 0 Å². The first-order chi connectivity index (χ1) is 11.1. The molecule has 1 unspecified atom stereocenters. The van der Waals surface area contributed by atoms with Crippen molar-refractivity contribution in [2.45, 2.75) is 30.2 Å². The lowest BCUT2D eigenvalue weighted by Crippen LogP contribution is -2.47. The van der Waals surface area contributed by atoms with Gasteiger partial charge in [-0.2, -0.15) is 5.10 Å². The molecule has 2 N–H and O–H groups in total. The lowest BCUT2D eigenvalue weighted by molar-refractivity contribution is 0.417. The molecule has 1 aliphatic rings. The summed E-state index contributed by atoms with van der Waals surface area (Å²) in [5, 5.41) is 9.84. The Morgan fingerprint density at radius 2 is 2.26 bits per heavy atom. The van der Waals surface area contributed by atoms with Crippen LogP contribution in [0.25, 0.3) is 0 Å². The maximum Gasteiger partial charge on any atom is 0.264 e. The molecule has 0 aliphatic carbocycles. The highest BCUT2D eigenvalue weighted by Gasteiger charge is 2.26. The Labute approximate surface area is 132 Å². The summed E-state index contributed by atoms with van der Waals surface area (Å²) in [7, 11) is -3.64. The average Bonchev–Trinajstić information content (AvgIpc) is 3.10. The van der Waals surface area contributed by atoms with E-state index in [0.29, 0.717) is 5.82 Å². The molecule has 2 aromatic heterocycles. The standard InChI is InChI=1S/C13H17N5O4S/c19-13-5-4-12(16-17-13)18-6-2-1-3-10(18)7-15-23(20,21)11-8-14-22-9-11/h4-5,8-10,15H,1-3,6-7H2,(H,17,19). The molecule has 3 heterocycles. The van der Waals surface area contributed by atoms with E-state index in [1.807, 2.05) is 4.90 Å². The number of sulfonamides is 1. The van der Waals surface area contributed by atoms with Gasteiger partial charge in [-0.05, 0) is 25.3 Å². The maximum atomic E-state index is 12.1. The zero-order valence-electron chi connectivity index (χ0n) is 12.3. The second kappa shape index (κ2) is 6.50. The van der Waals surface area contributed by atoms with Crippen molar-refractivity contribution in [1.29, 1.82) is 0 Å². The molecule has 0 aromatic carbocycles. The van der Waals surface area contributed by atoms with Crippen molar-refractivity contribution in [3.8, 4) is 0 Å². The number of hydrogen-bond donors (Lipinski definition) is 2. The van der Waals surface area contributed by atoms with Gasteiger partial charge in [0.05, 0.1) is 6.20 Å². The molecular formula is C13H17N5O4S. The minimum atomic E-state index is -3.64. The molecule has 0 spiro atoms. The van der Waals surface area contributed by atoms with Crippen LogP contribution in [0.15, 0.2) is 38.8 Å². The number of anilines is 1. The van der Waals surface area contributed by atoms with Crippen molar-refractivity contribution in [3.63, 3.8) is 0 Å². The van der Waals surface area contributed by atoms with Crippen LogP contribution >= 0.6 is 0 Å². The molecule has 1 atom stereocenters. The molecule has 0 amide bonds. The molecule has 9 nitrogen and oxygen atoms in total. The summed E-state index contributed by atoms with van der Waals surface area (Å²) < 4.78 is 31.4. The zero-order chi connectivity index (χ0) is 16.3. The number of aromatic nitrogens is 3. The fraction of sp³-hybridized carbons (Fsp3) is 0.462. The minimum absolute atomic E-state index is 0.00188. The summed E-state index contributed by atoms with van der Waals surface area (Å²) in [6.45, 7) is 1.01. The number of rotatable bonds is 5. The van der Waals surface area contributed by atoms with E-state index >= 15 is 0 Å². The molecule has 0 bridgehead atoms. The number of piperidine rings is 1. The summed E-state index contributed by atoms with van der Waals surface area (Å²) in [5.74, 6) is 0.637. The molecule has 0 saturated carbocycles. The van der Waals surface area contributed by atoms with Crippen LogP contribution in [-0.2, 0) is 10.0 Å². The van der Waals surface area contributed by atoms with Crippen molar-refractivity contribution >= 4 is 15.8 Å². The molecule has 0 radical (unpaired) electrons. The van der Waals surface area contributed by atoms with Crippen LogP contribution in [0.4, 0.5) is 5.82 Å². The molecule has 3 rings (SSSR count). The first-order valence-corrected chi connectivity index (χ1v) is 8.76. The van der Waals surface area contributed by atoms with E-state index in [9.17, 15) is 13.2 Å². The highest BCUT2D eigenvalue weighted by molar-refractivity contribution is 7.89. The second-order valence-electron chi connectivity index (χ2n) is 5.33. The van der Waals surface area contributed by atoms with Crippen LogP contribution in [0, 0.1) is 0 Å². The molecule has 1 saturated heterocycles. The normalized spacial score (nSPS) is 19.0. The Balaban J connectivity index is 1.72. The topological polar surface area (TPSA) is 121 Å². The predicted octanol–water partition coefficient (Wildman–Crippen LogP) is 0.0953. The highest BCUT2D eigenvalue weighted by Crippen LogP contribution is 2.22. The van der Waals surface area contributed by atoms with Crippen LogP contribution < -0.4 is 15.2 Å². The van der Waals surface area contributed by atoms with Gasteiger partial charge in [-0.3, -0.25) is 4.79 Å². The average molecular weight is 339 g/mol. The van der Waals surface area contributed by atoms with E-state index in [-0.39, 0.29) is 23.0 Å². The van der Waals surface area contributed by atoms with Gasteiger partial charge in [0.1, 0.15) is 17.0 Å². The second-order valence-corrected chi connectivity index (χ2v) is 7.10. The van der Waals surface area contributed by atoms with Crippen LogP contribution in [0.5, 0.6) is 0 Å². The Hall–Kier alpha value is -2.20. The molecule has 1 fully saturated rings. The van der Waals surface area contributed by atoms with Gasteiger partial charge in [-0.1, -0.05) is 5.16 Å². The molecule has 2 aromatic rings. The van der Waals surface area contributed by atoms with Gasteiger partial charge >= 0.3 is 0 Å². The Morgan fingerprint density at radius 1 is 1.39 bits per heavy atom. The van der Waals surface area contributed by atoms with Gasteiger partial charge in [-0.25, -0.2) is 18.2 Å². The first kappa shape index (κ1) is 15.7. The van der Waals surface area contributed by atoms with Crippen LogP contribution in [-0.4, -0.2) is 42.9 Å². The molecule has 23 heavy (non-hydrogen) atoms. The summed E-state index contributed by atoms with van der Waals surface area (Å²) in [6.07, 6.45) is 5.09. The van der Waals surface area contributed by atoms with Gasteiger partial charge in [0.15, 0.2) is 0 Å². The fourth-order valence-electron chi connectivity index (χ4n) is 2.63. The van der Waals surface area contributed by atoms with Crippen molar-refractivity contribution in [2.75, 3.05) is 18.0 Å². The fourth-order valence-corrected chi connectivity index (χ4v) is 3.56. The van der Waals surface area contributed by atoms with E-state index in [0.717, 1.165) is 38.3 Å².